The highest BCUT2D eigenvalue weighted by atomic mass is 16.7. The van der Waals surface area contributed by atoms with Gasteiger partial charge in [0.15, 0.2) is 5.78 Å². The summed E-state index contributed by atoms with van der Waals surface area (Å²) in [5.41, 5.74) is -3.02. The zero-order valence-electron chi connectivity index (χ0n) is 13.8. The predicted octanol–water partition coefficient (Wildman–Crippen LogP) is 1.35. The van der Waals surface area contributed by atoms with Crippen LogP contribution in [-0.2, 0) is 23.8 Å². The van der Waals surface area contributed by atoms with E-state index in [1.54, 1.807) is 38.1 Å². The van der Waals surface area contributed by atoms with Gasteiger partial charge >= 0.3 is 11.9 Å². The first-order chi connectivity index (χ1) is 11.3. The van der Waals surface area contributed by atoms with E-state index < -0.39 is 40.9 Å². The molecule has 2 atom stereocenters. The quantitative estimate of drug-likeness (QED) is 0.596. The molecule has 0 aliphatic carbocycles. The molecular formula is C17H18O7. The number of benzene rings is 1. The van der Waals surface area contributed by atoms with Crippen LogP contribution in [0.15, 0.2) is 24.3 Å². The molecule has 128 valence electrons. The summed E-state index contributed by atoms with van der Waals surface area (Å²) in [4.78, 5) is 38.4. The van der Waals surface area contributed by atoms with Crippen molar-refractivity contribution in [3.63, 3.8) is 0 Å². The van der Waals surface area contributed by atoms with Crippen molar-refractivity contribution in [1.82, 2.24) is 0 Å². The molecule has 1 aromatic carbocycles. The molecule has 7 nitrogen and oxygen atoms in total. The molecular weight excluding hydrogens is 316 g/mol. The van der Waals surface area contributed by atoms with Gasteiger partial charge in [0.2, 0.25) is 11.7 Å². The van der Waals surface area contributed by atoms with Gasteiger partial charge in [0.25, 0.3) is 0 Å². The molecule has 0 bridgehead atoms. The fourth-order valence-electron chi connectivity index (χ4n) is 3.66. The molecule has 0 radical (unpaired) electrons. The summed E-state index contributed by atoms with van der Waals surface area (Å²) < 4.78 is 21.3. The Morgan fingerprint density at radius 1 is 1.08 bits per heavy atom. The molecule has 1 aromatic rings. The molecule has 0 aromatic heterocycles. The molecule has 2 heterocycles. The number of ketones is 1. The van der Waals surface area contributed by atoms with E-state index in [-0.39, 0.29) is 5.56 Å². The lowest BCUT2D eigenvalue weighted by Gasteiger charge is -2.37. The molecule has 0 saturated carbocycles. The molecule has 0 N–H and O–H groups in total. The largest absolute Gasteiger partial charge is 0.468 e. The molecule has 1 saturated heterocycles. The van der Waals surface area contributed by atoms with Gasteiger partial charge < -0.3 is 18.9 Å². The number of ether oxygens (including phenoxy) is 4. The SMILES string of the molecule is COC(=O)C1(C(=O)OC)[C@H]2C(=O)c3ccccc3O[C@@H]2OC1(C)C. The lowest BCUT2D eigenvalue weighted by atomic mass is 9.64. The van der Waals surface area contributed by atoms with Gasteiger partial charge in [-0.1, -0.05) is 12.1 Å². The van der Waals surface area contributed by atoms with Crippen molar-refractivity contribution in [2.75, 3.05) is 14.2 Å². The van der Waals surface area contributed by atoms with Crippen molar-refractivity contribution in [2.45, 2.75) is 25.7 Å². The van der Waals surface area contributed by atoms with Crippen molar-refractivity contribution >= 4 is 17.7 Å². The minimum Gasteiger partial charge on any atom is -0.468 e. The van der Waals surface area contributed by atoms with Crippen LogP contribution in [0.2, 0.25) is 0 Å². The van der Waals surface area contributed by atoms with E-state index in [1.807, 2.05) is 0 Å². The van der Waals surface area contributed by atoms with Crippen LogP contribution >= 0.6 is 0 Å². The Morgan fingerprint density at radius 3 is 2.25 bits per heavy atom. The Morgan fingerprint density at radius 2 is 1.67 bits per heavy atom. The van der Waals surface area contributed by atoms with E-state index in [0.717, 1.165) is 14.2 Å². The van der Waals surface area contributed by atoms with Gasteiger partial charge in [-0.3, -0.25) is 14.4 Å². The highest BCUT2D eigenvalue weighted by Crippen LogP contribution is 2.55. The number of Topliss-reactive ketones (excluding diaryl/α,β-unsaturated/α-hetero) is 1. The minimum atomic E-state index is -1.95. The molecule has 0 amide bonds. The van der Waals surface area contributed by atoms with E-state index in [0.29, 0.717) is 5.75 Å². The van der Waals surface area contributed by atoms with Crippen molar-refractivity contribution in [1.29, 1.82) is 0 Å². The maximum Gasteiger partial charge on any atom is 0.327 e. The van der Waals surface area contributed by atoms with Gasteiger partial charge in [0.05, 0.1) is 25.4 Å². The highest BCUT2D eigenvalue weighted by Gasteiger charge is 2.75. The second kappa shape index (κ2) is 5.31. The van der Waals surface area contributed by atoms with Crippen molar-refractivity contribution in [3.05, 3.63) is 29.8 Å². The van der Waals surface area contributed by atoms with E-state index >= 15 is 0 Å². The fourth-order valence-corrected chi connectivity index (χ4v) is 3.66. The molecule has 7 heteroatoms. The van der Waals surface area contributed by atoms with Gasteiger partial charge in [0, 0.05) is 0 Å². The third kappa shape index (κ3) is 1.84. The Bertz CT molecular complexity index is 705. The molecule has 0 spiro atoms. The number of hydrogen-bond donors (Lipinski definition) is 0. The first-order valence-electron chi connectivity index (χ1n) is 7.45. The number of hydrogen-bond acceptors (Lipinski definition) is 7. The van der Waals surface area contributed by atoms with Crippen LogP contribution in [0.1, 0.15) is 24.2 Å². The second-order valence-electron chi connectivity index (χ2n) is 6.24. The van der Waals surface area contributed by atoms with E-state index in [9.17, 15) is 14.4 Å². The Hall–Kier alpha value is -2.41. The van der Waals surface area contributed by atoms with Crippen molar-refractivity contribution < 1.29 is 33.3 Å². The zero-order valence-corrected chi connectivity index (χ0v) is 13.8. The average Bonchev–Trinajstić information content (AvgIpc) is 2.80. The predicted molar refractivity (Wildman–Crippen MR) is 80.3 cm³/mol. The van der Waals surface area contributed by atoms with Crippen LogP contribution in [0.4, 0.5) is 0 Å². The van der Waals surface area contributed by atoms with Gasteiger partial charge in [-0.25, -0.2) is 0 Å². The number of carbonyl (C=O) groups is 3. The van der Waals surface area contributed by atoms with Crippen LogP contribution in [0.3, 0.4) is 0 Å². The summed E-state index contributed by atoms with van der Waals surface area (Å²) in [7, 11) is 2.30. The third-order valence-corrected chi connectivity index (χ3v) is 4.79. The minimum absolute atomic E-state index is 0.289. The molecule has 2 aliphatic heterocycles. The standard InChI is InChI=1S/C17H18O7/c1-16(2)17(14(19)21-3,15(20)22-4)11-12(18)9-7-5-6-8-10(9)23-13(11)24-16/h5-8,11,13H,1-4H3/t11-,13+/m0/s1. The molecule has 2 aliphatic rings. The summed E-state index contributed by atoms with van der Waals surface area (Å²) in [6, 6.07) is 6.62. The van der Waals surface area contributed by atoms with Crippen LogP contribution in [0.5, 0.6) is 5.75 Å². The molecule has 0 unspecified atom stereocenters. The van der Waals surface area contributed by atoms with Gasteiger partial charge in [0.1, 0.15) is 11.7 Å². The fraction of sp³-hybridized carbons (Fsp3) is 0.471. The van der Waals surface area contributed by atoms with E-state index in [1.165, 1.54) is 0 Å². The topological polar surface area (TPSA) is 88.1 Å². The van der Waals surface area contributed by atoms with Gasteiger partial charge in [-0.15, -0.1) is 0 Å². The molecule has 1 fully saturated rings. The van der Waals surface area contributed by atoms with E-state index in [2.05, 4.69) is 0 Å². The lowest BCUT2D eigenvalue weighted by Crippen LogP contribution is -2.59. The average molecular weight is 334 g/mol. The van der Waals surface area contributed by atoms with Crippen LogP contribution < -0.4 is 4.74 Å². The van der Waals surface area contributed by atoms with Crippen LogP contribution in [0, 0.1) is 11.3 Å². The Labute approximate surface area is 138 Å². The third-order valence-electron chi connectivity index (χ3n) is 4.79. The maximum absolute atomic E-state index is 13.1. The second-order valence-corrected chi connectivity index (χ2v) is 6.24. The Balaban J connectivity index is 2.24. The smallest absolute Gasteiger partial charge is 0.327 e. The number of fused-ring (bicyclic) bond motifs is 2. The summed E-state index contributed by atoms with van der Waals surface area (Å²) in [5.74, 6) is -3.03. The zero-order chi connectivity index (χ0) is 17.7. The van der Waals surface area contributed by atoms with Crippen LogP contribution in [-0.4, -0.2) is 43.8 Å². The Kier molecular flexibility index (Phi) is 3.64. The summed E-state index contributed by atoms with van der Waals surface area (Å²) in [5, 5.41) is 0. The van der Waals surface area contributed by atoms with Crippen molar-refractivity contribution in [2.24, 2.45) is 11.3 Å². The summed E-state index contributed by atoms with van der Waals surface area (Å²) in [6.07, 6.45) is -1.08. The van der Waals surface area contributed by atoms with Crippen molar-refractivity contribution in [3.8, 4) is 5.75 Å². The normalized spacial score (nSPS) is 25.9. The van der Waals surface area contributed by atoms with Gasteiger partial charge in [-0.05, 0) is 26.0 Å². The molecule has 3 rings (SSSR count). The first-order valence-corrected chi connectivity index (χ1v) is 7.45. The number of carbonyl (C=O) groups excluding carboxylic acids is 3. The number of rotatable bonds is 2. The van der Waals surface area contributed by atoms with E-state index in [4.69, 9.17) is 18.9 Å². The monoisotopic (exact) mass is 334 g/mol. The lowest BCUT2D eigenvalue weighted by molar-refractivity contribution is -0.183. The van der Waals surface area contributed by atoms with Gasteiger partial charge in [-0.2, -0.15) is 0 Å². The number of esters is 2. The molecule has 24 heavy (non-hydrogen) atoms. The first kappa shape index (κ1) is 16.4. The van der Waals surface area contributed by atoms with Crippen LogP contribution in [0.25, 0.3) is 0 Å². The summed E-state index contributed by atoms with van der Waals surface area (Å²) in [6.45, 7) is 3.08. The highest BCUT2D eigenvalue weighted by molar-refractivity contribution is 6.12. The number of methoxy groups -OCH3 is 2. The number of para-hydroxylation sites is 1. The maximum atomic E-state index is 13.1. The summed E-state index contributed by atoms with van der Waals surface area (Å²) >= 11 is 0.